The molecule has 0 saturated carbocycles. The van der Waals surface area contributed by atoms with Crippen molar-refractivity contribution in [1.29, 1.82) is 0 Å². The maximum atomic E-state index is 13.5. The molecule has 2 aromatic carbocycles. The largest absolute Gasteiger partial charge is 0.493 e. The maximum Gasteiger partial charge on any atom is 0.229 e. The van der Waals surface area contributed by atoms with Crippen molar-refractivity contribution in [3.05, 3.63) is 65.3 Å². The molecule has 1 amide bonds. The van der Waals surface area contributed by atoms with Gasteiger partial charge in [-0.15, -0.1) is 11.3 Å². The van der Waals surface area contributed by atoms with E-state index in [2.05, 4.69) is 72.0 Å². The zero-order valence-electron chi connectivity index (χ0n) is 28.7. The van der Waals surface area contributed by atoms with Crippen LogP contribution in [0.2, 0.25) is 0 Å². The molecule has 1 atom stereocenters. The van der Waals surface area contributed by atoms with Crippen molar-refractivity contribution in [2.24, 2.45) is 10.8 Å². The summed E-state index contributed by atoms with van der Waals surface area (Å²) in [6, 6.07) is 7.06. The molecule has 1 fully saturated rings. The Morgan fingerprint density at radius 1 is 1.00 bits per heavy atom. The lowest BCUT2D eigenvalue weighted by atomic mass is 9.63. The fourth-order valence-electron chi connectivity index (χ4n) is 6.97. The third-order valence-corrected chi connectivity index (χ3v) is 9.25. The highest BCUT2D eigenvalue weighted by atomic mass is 32.1. The molecule has 1 saturated heterocycles. The van der Waals surface area contributed by atoms with Crippen LogP contribution in [0.1, 0.15) is 65.7 Å². The van der Waals surface area contributed by atoms with Gasteiger partial charge in [-0.1, -0.05) is 41.5 Å². The van der Waals surface area contributed by atoms with E-state index in [-0.39, 0.29) is 22.9 Å². The van der Waals surface area contributed by atoms with E-state index >= 15 is 0 Å². The average Bonchev–Trinajstić information content (AvgIpc) is 3.62. The number of carbonyl (C=O) groups is 1. The fourth-order valence-corrected chi connectivity index (χ4v) is 7.78. The Bertz CT molecular complexity index is 1700. The summed E-state index contributed by atoms with van der Waals surface area (Å²) in [5.41, 5.74) is 1.01. The van der Waals surface area contributed by atoms with Gasteiger partial charge in [0, 0.05) is 52.8 Å². The highest BCUT2D eigenvalue weighted by Gasteiger charge is 2.44. The molecule has 1 aliphatic rings. The molecule has 3 heterocycles. The molecule has 0 aliphatic carbocycles. The molecule has 48 heavy (non-hydrogen) atoms. The Labute approximate surface area is 285 Å². The Balaban J connectivity index is 1.21. The van der Waals surface area contributed by atoms with E-state index in [0.717, 1.165) is 43.1 Å². The lowest BCUT2D eigenvalue weighted by Gasteiger charge is -2.46. The number of thiazole rings is 1. The Morgan fingerprint density at radius 2 is 1.73 bits per heavy atom. The number of halogens is 2. The van der Waals surface area contributed by atoms with Crippen molar-refractivity contribution in [2.45, 2.75) is 73.3 Å². The van der Waals surface area contributed by atoms with Gasteiger partial charge in [-0.05, 0) is 54.8 Å². The van der Waals surface area contributed by atoms with Crippen LogP contribution in [0.15, 0.2) is 42.9 Å². The number of fused-ring (bicyclic) bond motifs is 1. The van der Waals surface area contributed by atoms with Crippen LogP contribution >= 0.6 is 11.3 Å². The van der Waals surface area contributed by atoms with Gasteiger partial charge in [0.15, 0.2) is 16.6 Å². The molecular formula is C36H45F2N6O3S. The summed E-state index contributed by atoms with van der Waals surface area (Å²) in [5, 5.41) is 6.97. The van der Waals surface area contributed by atoms with Gasteiger partial charge in [0.1, 0.15) is 23.8 Å². The molecule has 257 valence electrons. The van der Waals surface area contributed by atoms with Crippen molar-refractivity contribution in [3.63, 3.8) is 0 Å². The Hall–Kier alpha value is -3.90. The van der Waals surface area contributed by atoms with Crippen LogP contribution in [0, 0.1) is 28.4 Å². The van der Waals surface area contributed by atoms with E-state index in [4.69, 9.17) is 9.47 Å². The van der Waals surface area contributed by atoms with Crippen molar-refractivity contribution < 1.29 is 23.0 Å². The van der Waals surface area contributed by atoms with Gasteiger partial charge in [0.05, 0.1) is 25.7 Å². The third-order valence-electron chi connectivity index (χ3n) is 8.34. The van der Waals surface area contributed by atoms with Crippen LogP contribution in [-0.2, 0) is 11.2 Å². The second kappa shape index (κ2) is 14.7. The molecular weight excluding hydrogens is 634 g/mol. The monoisotopic (exact) mass is 679 g/mol. The number of amides is 1. The standard InChI is InChI=1S/C36H45F2N6O3S/c1-35(2,3)32(36(4,5)6)28-10-8-11-44(28)12-9-13-47-30-19-27-26(18-29(30)46-7)33(41-21-40-27)43-34-39-20-25(48-34)17-31(45)42-24-15-22(37)14-23(38)16-24/h14-16,18-21,28H,8-13,17H2,1-7H3,(H,42,45)(H,39,40,41,43)/t28-/m0/s1. The molecule has 5 rings (SSSR count). The van der Waals surface area contributed by atoms with Crippen molar-refractivity contribution in [3.8, 4) is 11.5 Å². The van der Waals surface area contributed by atoms with Crippen LogP contribution in [0.5, 0.6) is 11.5 Å². The molecule has 4 aromatic rings. The third kappa shape index (κ3) is 8.76. The number of hydrogen-bond donors (Lipinski definition) is 2. The van der Waals surface area contributed by atoms with Gasteiger partial charge in [0.2, 0.25) is 5.91 Å². The molecule has 2 aromatic heterocycles. The van der Waals surface area contributed by atoms with Crippen molar-refractivity contribution >= 4 is 44.8 Å². The van der Waals surface area contributed by atoms with E-state index in [1.54, 1.807) is 19.2 Å². The second-order valence-electron chi connectivity index (χ2n) is 14.2. The summed E-state index contributed by atoms with van der Waals surface area (Å²) in [5.74, 6) is 1.38. The molecule has 9 nitrogen and oxygen atoms in total. The first-order chi connectivity index (χ1) is 22.7. The first-order valence-corrected chi connectivity index (χ1v) is 17.1. The Morgan fingerprint density at radius 3 is 2.42 bits per heavy atom. The minimum Gasteiger partial charge on any atom is -0.493 e. The van der Waals surface area contributed by atoms with Gasteiger partial charge < -0.3 is 20.1 Å². The van der Waals surface area contributed by atoms with Gasteiger partial charge in [-0.2, -0.15) is 0 Å². The van der Waals surface area contributed by atoms with Crippen LogP contribution in [0.3, 0.4) is 0 Å². The molecule has 0 unspecified atom stereocenters. The second-order valence-corrected chi connectivity index (χ2v) is 15.3. The highest BCUT2D eigenvalue weighted by molar-refractivity contribution is 7.15. The number of nitrogens with zero attached hydrogens (tertiary/aromatic N) is 4. The zero-order valence-corrected chi connectivity index (χ0v) is 29.6. The number of methoxy groups -OCH3 is 1. The van der Waals surface area contributed by atoms with Gasteiger partial charge >= 0.3 is 0 Å². The van der Waals surface area contributed by atoms with Gasteiger partial charge in [-0.3, -0.25) is 9.69 Å². The first kappa shape index (κ1) is 35.4. The van der Waals surface area contributed by atoms with Gasteiger partial charge in [0.25, 0.3) is 0 Å². The number of anilines is 3. The van der Waals surface area contributed by atoms with E-state index in [9.17, 15) is 13.6 Å². The molecule has 0 bridgehead atoms. The van der Waals surface area contributed by atoms with Crippen LogP contribution in [0.4, 0.5) is 25.4 Å². The number of likely N-dealkylation sites (tertiary alicyclic amines) is 1. The van der Waals surface area contributed by atoms with Crippen molar-refractivity contribution in [1.82, 2.24) is 19.9 Å². The number of carbonyl (C=O) groups excluding carboxylic acids is 1. The number of aromatic nitrogens is 3. The Kier molecular flexibility index (Phi) is 10.8. The minimum atomic E-state index is -0.766. The van der Waals surface area contributed by atoms with E-state index in [0.29, 0.717) is 45.5 Å². The summed E-state index contributed by atoms with van der Waals surface area (Å²) >= 11 is 1.27. The number of rotatable bonds is 12. The SMILES string of the molecule is COc1cc2c(Nc3ncc(CC(=O)Nc4cc(F)cc(F)c4)s3)ncnc2cc1OCCCN1CCC[C@H]1[C](C(C)(C)C)C(C)(C)C. The van der Waals surface area contributed by atoms with E-state index < -0.39 is 17.5 Å². The summed E-state index contributed by atoms with van der Waals surface area (Å²) in [6.45, 7) is 16.6. The number of hydrogen-bond acceptors (Lipinski definition) is 9. The summed E-state index contributed by atoms with van der Waals surface area (Å²) < 4.78 is 38.9. The first-order valence-electron chi connectivity index (χ1n) is 16.3. The summed E-state index contributed by atoms with van der Waals surface area (Å²) in [7, 11) is 1.60. The van der Waals surface area contributed by atoms with Gasteiger partial charge in [-0.25, -0.2) is 23.7 Å². The topological polar surface area (TPSA) is 102 Å². The summed E-state index contributed by atoms with van der Waals surface area (Å²) in [4.78, 5) is 29.0. The molecule has 2 N–H and O–H groups in total. The molecule has 1 radical (unpaired) electrons. The minimum absolute atomic E-state index is 0.0124. The lowest BCUT2D eigenvalue weighted by Crippen LogP contribution is -2.46. The normalized spacial score (nSPS) is 15.7. The predicted molar refractivity (Wildman–Crippen MR) is 187 cm³/mol. The number of nitrogens with one attached hydrogen (secondary N) is 2. The predicted octanol–water partition coefficient (Wildman–Crippen LogP) is 8.20. The maximum absolute atomic E-state index is 13.5. The zero-order chi connectivity index (χ0) is 34.6. The van der Waals surface area contributed by atoms with E-state index in [1.807, 2.05) is 12.1 Å². The lowest BCUT2D eigenvalue weighted by molar-refractivity contribution is -0.115. The molecule has 12 heteroatoms. The van der Waals surface area contributed by atoms with Crippen LogP contribution < -0.4 is 20.1 Å². The average molecular weight is 680 g/mol. The number of ether oxygens (including phenoxy) is 2. The fraction of sp³-hybridized carbons (Fsp3) is 0.472. The van der Waals surface area contributed by atoms with Crippen molar-refractivity contribution in [2.75, 3.05) is 37.4 Å². The number of benzene rings is 2. The summed E-state index contributed by atoms with van der Waals surface area (Å²) in [6.07, 6.45) is 6.33. The van der Waals surface area contributed by atoms with Crippen LogP contribution in [-0.4, -0.2) is 58.6 Å². The molecule has 0 spiro atoms. The van der Waals surface area contributed by atoms with E-state index in [1.165, 1.54) is 30.5 Å². The molecule has 1 aliphatic heterocycles. The van der Waals surface area contributed by atoms with Crippen LogP contribution in [0.25, 0.3) is 10.9 Å². The highest BCUT2D eigenvalue weighted by Crippen LogP contribution is 2.48. The smallest absolute Gasteiger partial charge is 0.229 e. The quantitative estimate of drug-likeness (QED) is 0.145.